The van der Waals surface area contributed by atoms with Crippen LogP contribution in [0.25, 0.3) is 0 Å². The number of nitrogens with zero attached hydrogens (tertiary/aromatic N) is 1. The Morgan fingerprint density at radius 1 is 1.25 bits per heavy atom. The molecule has 0 unspecified atom stereocenters. The zero-order valence-corrected chi connectivity index (χ0v) is 15.0. The fourth-order valence-corrected chi connectivity index (χ4v) is 3.65. The third-order valence-corrected chi connectivity index (χ3v) is 6.05. The highest BCUT2D eigenvalue weighted by Crippen LogP contribution is 2.24. The average Bonchev–Trinajstić information content (AvgIpc) is 2.94. The summed E-state index contributed by atoms with van der Waals surface area (Å²) in [4.78, 5) is 28.3. The molecule has 1 aromatic carbocycles. The highest BCUT2D eigenvalue weighted by Gasteiger charge is 2.18. The Bertz CT molecular complexity index is 870. The third kappa shape index (κ3) is 3.80. The van der Waals surface area contributed by atoms with Gasteiger partial charge in [0.05, 0.1) is 23.5 Å². The lowest BCUT2D eigenvalue weighted by Crippen LogP contribution is -2.12. The Morgan fingerprint density at radius 3 is 2.42 bits per heavy atom. The number of carbonyl (C=O) groups excluding carboxylic acids is 2. The lowest BCUT2D eigenvalue weighted by atomic mass is 10.2. The van der Waals surface area contributed by atoms with E-state index in [2.05, 4.69) is 15.0 Å². The van der Waals surface area contributed by atoms with Crippen LogP contribution in [0, 0.1) is 6.92 Å². The zero-order valence-electron chi connectivity index (χ0n) is 13.3. The molecule has 0 saturated carbocycles. The molecule has 1 amide bonds. The van der Waals surface area contributed by atoms with Crippen LogP contribution in [0.3, 0.4) is 0 Å². The molecule has 1 aromatic heterocycles. The van der Waals surface area contributed by atoms with Gasteiger partial charge < -0.3 is 4.74 Å². The number of hydrogen-bond acceptors (Lipinski definition) is 7. The standard InChI is InChI=1S/C15H16N2O5S2/c1-4-24(20,21)11-7-5-10(6-8-11)13(18)17-15-16-9(2)12(23-15)14(19)22-3/h5-8H,4H2,1-3H3,(H,16,17,18). The van der Waals surface area contributed by atoms with E-state index >= 15 is 0 Å². The lowest BCUT2D eigenvalue weighted by Gasteiger charge is -2.04. The van der Waals surface area contributed by atoms with Crippen LogP contribution in [-0.4, -0.2) is 38.1 Å². The summed E-state index contributed by atoms with van der Waals surface area (Å²) >= 11 is 1.01. The molecule has 0 radical (unpaired) electrons. The summed E-state index contributed by atoms with van der Waals surface area (Å²) in [5.41, 5.74) is 0.754. The molecule has 0 spiro atoms. The van der Waals surface area contributed by atoms with E-state index in [9.17, 15) is 18.0 Å². The van der Waals surface area contributed by atoms with E-state index in [1.165, 1.54) is 31.4 Å². The van der Waals surface area contributed by atoms with Crippen molar-refractivity contribution >= 4 is 38.2 Å². The molecule has 0 fully saturated rings. The van der Waals surface area contributed by atoms with Crippen molar-refractivity contribution in [3.63, 3.8) is 0 Å². The molecule has 24 heavy (non-hydrogen) atoms. The van der Waals surface area contributed by atoms with Gasteiger partial charge >= 0.3 is 5.97 Å². The molecule has 0 aliphatic rings. The number of thiazole rings is 1. The number of aromatic nitrogens is 1. The van der Waals surface area contributed by atoms with E-state index in [4.69, 9.17) is 0 Å². The van der Waals surface area contributed by atoms with E-state index in [0.717, 1.165) is 11.3 Å². The van der Waals surface area contributed by atoms with Gasteiger partial charge in [0.1, 0.15) is 4.88 Å². The molecular weight excluding hydrogens is 352 g/mol. The van der Waals surface area contributed by atoms with Crippen LogP contribution < -0.4 is 5.32 Å². The summed E-state index contributed by atoms with van der Waals surface area (Å²) in [6.45, 7) is 3.20. The third-order valence-electron chi connectivity index (χ3n) is 3.24. The van der Waals surface area contributed by atoms with Crippen molar-refractivity contribution in [2.45, 2.75) is 18.7 Å². The zero-order chi connectivity index (χ0) is 17.9. The van der Waals surface area contributed by atoms with Crippen molar-refractivity contribution in [1.82, 2.24) is 4.98 Å². The van der Waals surface area contributed by atoms with E-state index in [-0.39, 0.29) is 21.3 Å². The first-order valence-corrected chi connectivity index (χ1v) is 9.45. The first-order chi connectivity index (χ1) is 11.3. The maximum absolute atomic E-state index is 12.2. The van der Waals surface area contributed by atoms with Gasteiger partial charge in [0.2, 0.25) is 0 Å². The minimum absolute atomic E-state index is 0.00671. The van der Waals surface area contributed by atoms with Gasteiger partial charge in [-0.2, -0.15) is 0 Å². The number of nitrogens with one attached hydrogen (secondary N) is 1. The smallest absolute Gasteiger partial charge is 0.350 e. The SMILES string of the molecule is CCS(=O)(=O)c1ccc(C(=O)Nc2nc(C)c(C(=O)OC)s2)cc1. The van der Waals surface area contributed by atoms with Crippen molar-refractivity contribution in [2.24, 2.45) is 0 Å². The summed E-state index contributed by atoms with van der Waals surface area (Å²) in [6.07, 6.45) is 0. The van der Waals surface area contributed by atoms with Gasteiger partial charge in [-0.05, 0) is 31.2 Å². The van der Waals surface area contributed by atoms with Crippen molar-refractivity contribution in [2.75, 3.05) is 18.2 Å². The number of benzene rings is 1. The van der Waals surface area contributed by atoms with E-state index < -0.39 is 21.7 Å². The largest absolute Gasteiger partial charge is 0.465 e. The first-order valence-electron chi connectivity index (χ1n) is 6.98. The van der Waals surface area contributed by atoms with E-state index in [0.29, 0.717) is 10.6 Å². The lowest BCUT2D eigenvalue weighted by molar-refractivity contribution is 0.0605. The molecular formula is C15H16N2O5S2. The maximum atomic E-state index is 12.2. The number of esters is 1. The topological polar surface area (TPSA) is 102 Å². The van der Waals surface area contributed by atoms with Crippen LogP contribution in [0.4, 0.5) is 5.13 Å². The Balaban J connectivity index is 2.17. The van der Waals surface area contributed by atoms with Crippen LogP contribution >= 0.6 is 11.3 Å². The molecule has 128 valence electrons. The highest BCUT2D eigenvalue weighted by atomic mass is 32.2. The van der Waals surface area contributed by atoms with E-state index in [1.54, 1.807) is 13.8 Å². The van der Waals surface area contributed by atoms with Gasteiger partial charge in [-0.3, -0.25) is 10.1 Å². The fourth-order valence-electron chi connectivity index (χ4n) is 1.88. The molecule has 7 nitrogen and oxygen atoms in total. The molecule has 1 heterocycles. The number of aryl methyl sites for hydroxylation is 1. The average molecular weight is 368 g/mol. The number of methoxy groups -OCH3 is 1. The van der Waals surface area contributed by atoms with Crippen molar-refractivity contribution in [3.05, 3.63) is 40.4 Å². The number of hydrogen-bond donors (Lipinski definition) is 1. The Labute approximate surface area is 143 Å². The number of sulfone groups is 1. The van der Waals surface area contributed by atoms with Crippen LogP contribution in [-0.2, 0) is 14.6 Å². The first kappa shape index (κ1) is 18.1. The maximum Gasteiger partial charge on any atom is 0.350 e. The number of ether oxygens (including phenoxy) is 1. The molecule has 2 aromatic rings. The van der Waals surface area contributed by atoms with Crippen LogP contribution in [0.1, 0.15) is 32.6 Å². The summed E-state index contributed by atoms with van der Waals surface area (Å²) in [7, 11) is -2.04. The fraction of sp³-hybridized carbons (Fsp3) is 0.267. The van der Waals surface area contributed by atoms with Gasteiger partial charge in [0, 0.05) is 5.56 Å². The highest BCUT2D eigenvalue weighted by molar-refractivity contribution is 7.91. The molecule has 0 bridgehead atoms. The molecule has 0 saturated heterocycles. The molecule has 1 N–H and O–H groups in total. The minimum Gasteiger partial charge on any atom is -0.465 e. The van der Waals surface area contributed by atoms with Gasteiger partial charge in [-0.1, -0.05) is 18.3 Å². The predicted octanol–water partition coefficient (Wildman–Crippen LogP) is 2.28. The summed E-state index contributed by atoms with van der Waals surface area (Å²) in [5, 5.41) is 2.85. The second kappa shape index (κ2) is 7.10. The summed E-state index contributed by atoms with van der Waals surface area (Å²) in [6, 6.07) is 5.64. The quantitative estimate of drug-likeness (QED) is 0.812. The molecule has 9 heteroatoms. The monoisotopic (exact) mass is 368 g/mol. The van der Waals surface area contributed by atoms with Crippen molar-refractivity contribution in [3.8, 4) is 0 Å². The van der Waals surface area contributed by atoms with Gasteiger partial charge in [0.15, 0.2) is 15.0 Å². The van der Waals surface area contributed by atoms with Crippen LogP contribution in [0.2, 0.25) is 0 Å². The Morgan fingerprint density at radius 2 is 1.88 bits per heavy atom. The second-order valence-corrected chi connectivity index (χ2v) is 8.08. The number of anilines is 1. The van der Waals surface area contributed by atoms with Crippen molar-refractivity contribution < 1.29 is 22.7 Å². The van der Waals surface area contributed by atoms with Crippen LogP contribution in [0.5, 0.6) is 0 Å². The second-order valence-electron chi connectivity index (χ2n) is 4.81. The Hall–Kier alpha value is -2.26. The normalized spacial score (nSPS) is 11.1. The van der Waals surface area contributed by atoms with E-state index in [1.807, 2.05) is 0 Å². The molecule has 0 aliphatic heterocycles. The number of rotatable bonds is 5. The molecule has 0 atom stereocenters. The van der Waals surface area contributed by atoms with Gasteiger partial charge in [-0.15, -0.1) is 0 Å². The Kier molecular flexibility index (Phi) is 5.35. The molecule has 2 rings (SSSR count). The molecule has 0 aliphatic carbocycles. The van der Waals surface area contributed by atoms with Gasteiger partial charge in [0.25, 0.3) is 5.91 Å². The number of amides is 1. The minimum atomic E-state index is -3.31. The summed E-state index contributed by atoms with van der Waals surface area (Å²) in [5.74, 6) is -0.965. The predicted molar refractivity (Wildman–Crippen MR) is 90.3 cm³/mol. The van der Waals surface area contributed by atoms with Crippen LogP contribution in [0.15, 0.2) is 29.2 Å². The summed E-state index contributed by atoms with van der Waals surface area (Å²) < 4.78 is 28.1. The number of carbonyl (C=O) groups is 2. The van der Waals surface area contributed by atoms with Gasteiger partial charge in [-0.25, -0.2) is 18.2 Å². The van der Waals surface area contributed by atoms with Crippen molar-refractivity contribution in [1.29, 1.82) is 0 Å².